The van der Waals surface area contributed by atoms with Crippen LogP contribution in [0.25, 0.3) is 0 Å². The highest BCUT2D eigenvalue weighted by Gasteiger charge is 1.94. The highest BCUT2D eigenvalue weighted by atomic mass is 32.2. The minimum absolute atomic E-state index is 0.546. The third kappa shape index (κ3) is 3.66. The molecule has 0 atom stereocenters. The molecule has 0 fully saturated rings. The van der Waals surface area contributed by atoms with Crippen molar-refractivity contribution in [3.8, 4) is 5.75 Å². The molecule has 1 rings (SSSR count). The molecular formula is C9H13NO3S. The zero-order chi connectivity index (χ0) is 10.4. The largest absolute Gasteiger partial charge is 0.494 e. The van der Waals surface area contributed by atoms with Gasteiger partial charge in [-0.2, -0.15) is 0 Å². The van der Waals surface area contributed by atoms with Crippen LogP contribution < -0.4 is 9.46 Å². The van der Waals surface area contributed by atoms with Crippen LogP contribution >= 0.6 is 0 Å². The Morgan fingerprint density at radius 1 is 1.29 bits per heavy atom. The van der Waals surface area contributed by atoms with E-state index in [1.165, 1.54) is 0 Å². The first-order valence-corrected chi connectivity index (χ1v) is 5.54. The third-order valence-electron chi connectivity index (χ3n) is 1.55. The Hall–Kier alpha value is -1.23. The number of thiol groups is 1. The fraction of sp³-hybridized carbons (Fsp3) is 0.333. The van der Waals surface area contributed by atoms with Crippen LogP contribution in [0.2, 0.25) is 0 Å². The van der Waals surface area contributed by atoms with Crippen molar-refractivity contribution < 1.29 is 13.2 Å². The van der Waals surface area contributed by atoms with Gasteiger partial charge in [0.05, 0.1) is 6.61 Å². The van der Waals surface area contributed by atoms with Crippen LogP contribution in [-0.4, -0.2) is 15.0 Å². The molecule has 78 valence electrons. The molecule has 4 nitrogen and oxygen atoms in total. The molecule has 0 bridgehead atoms. The molecule has 0 radical (unpaired) electrons. The maximum Gasteiger partial charge on any atom is 0.222 e. The second-order valence-electron chi connectivity index (χ2n) is 2.74. The van der Waals surface area contributed by atoms with Gasteiger partial charge in [0, 0.05) is 5.69 Å². The molecule has 14 heavy (non-hydrogen) atoms. The number of hydrogen-bond acceptors (Lipinski definition) is 3. The summed E-state index contributed by atoms with van der Waals surface area (Å²) in [6, 6.07) is 6.79. The van der Waals surface area contributed by atoms with Crippen molar-refractivity contribution in [1.29, 1.82) is 0 Å². The fourth-order valence-corrected chi connectivity index (χ4v) is 1.31. The van der Waals surface area contributed by atoms with Crippen LogP contribution in [0.15, 0.2) is 24.3 Å². The molecule has 0 saturated carbocycles. The Bertz CT molecular complexity index is 338. The number of nitrogens with one attached hydrogen (secondary N) is 1. The number of ether oxygens (including phenoxy) is 1. The van der Waals surface area contributed by atoms with Crippen molar-refractivity contribution in [2.75, 3.05) is 11.3 Å². The lowest BCUT2D eigenvalue weighted by Crippen LogP contribution is -1.96. The summed E-state index contributed by atoms with van der Waals surface area (Å²) in [5.74, 6) is 0.749. The fourth-order valence-electron chi connectivity index (χ4n) is 0.951. The Kier molecular flexibility index (Phi) is 4.25. The van der Waals surface area contributed by atoms with E-state index in [-0.39, 0.29) is 0 Å². The summed E-state index contributed by atoms with van der Waals surface area (Å²) >= 11 is 0. The number of benzene rings is 1. The average Bonchev–Trinajstić information content (AvgIpc) is 2.16. The minimum Gasteiger partial charge on any atom is -0.494 e. The lowest BCUT2D eigenvalue weighted by molar-refractivity contribution is 0.317. The summed E-state index contributed by atoms with van der Waals surface area (Å²) in [6.45, 7) is 2.70. The zero-order valence-electron chi connectivity index (χ0n) is 7.90. The molecule has 0 heterocycles. The van der Waals surface area contributed by atoms with Gasteiger partial charge >= 0.3 is 0 Å². The van der Waals surface area contributed by atoms with E-state index < -0.39 is 10.9 Å². The molecular weight excluding hydrogens is 202 g/mol. The van der Waals surface area contributed by atoms with E-state index in [9.17, 15) is 8.42 Å². The molecule has 1 aromatic carbocycles. The first kappa shape index (κ1) is 10.8. The van der Waals surface area contributed by atoms with Crippen LogP contribution in [0.5, 0.6) is 5.75 Å². The van der Waals surface area contributed by atoms with E-state index in [0.29, 0.717) is 12.3 Å². The van der Waals surface area contributed by atoms with E-state index >= 15 is 0 Å². The summed E-state index contributed by atoms with van der Waals surface area (Å²) in [5.41, 5.74) is 0.546. The second kappa shape index (κ2) is 5.49. The van der Waals surface area contributed by atoms with Crippen LogP contribution in [0.4, 0.5) is 5.69 Å². The SMILES string of the molecule is CCCOc1ccc(N[SH](=O)=O)cc1. The highest BCUT2D eigenvalue weighted by molar-refractivity contribution is 7.73. The van der Waals surface area contributed by atoms with E-state index in [1.54, 1.807) is 24.3 Å². The molecule has 1 aromatic rings. The molecule has 0 aromatic heterocycles. The molecule has 0 unspecified atom stereocenters. The van der Waals surface area contributed by atoms with Gasteiger partial charge in [-0.25, -0.2) is 8.42 Å². The van der Waals surface area contributed by atoms with Gasteiger partial charge in [-0.15, -0.1) is 0 Å². The van der Waals surface area contributed by atoms with Crippen LogP contribution in [0.3, 0.4) is 0 Å². The Morgan fingerprint density at radius 3 is 2.43 bits per heavy atom. The maximum atomic E-state index is 10.3. The molecule has 0 aliphatic carbocycles. The van der Waals surface area contributed by atoms with Crippen molar-refractivity contribution in [2.45, 2.75) is 13.3 Å². The van der Waals surface area contributed by atoms with Crippen molar-refractivity contribution >= 4 is 16.6 Å². The smallest absolute Gasteiger partial charge is 0.222 e. The van der Waals surface area contributed by atoms with Gasteiger partial charge in [0.15, 0.2) is 0 Å². The molecule has 0 aliphatic rings. The van der Waals surface area contributed by atoms with E-state index in [4.69, 9.17) is 4.74 Å². The highest BCUT2D eigenvalue weighted by Crippen LogP contribution is 2.15. The minimum atomic E-state index is -2.59. The monoisotopic (exact) mass is 215 g/mol. The predicted molar refractivity (Wildman–Crippen MR) is 56.2 cm³/mol. The molecule has 1 N–H and O–H groups in total. The quantitative estimate of drug-likeness (QED) is 0.730. The predicted octanol–water partition coefficient (Wildman–Crippen LogP) is 1.41. The molecule has 0 spiro atoms. The van der Waals surface area contributed by atoms with E-state index in [2.05, 4.69) is 4.72 Å². The Balaban J connectivity index is 2.59. The topological polar surface area (TPSA) is 55.4 Å². The van der Waals surface area contributed by atoms with E-state index in [0.717, 1.165) is 12.2 Å². The Labute approximate surface area is 85.0 Å². The van der Waals surface area contributed by atoms with Gasteiger partial charge in [0.2, 0.25) is 10.9 Å². The lowest BCUT2D eigenvalue weighted by Gasteiger charge is -2.04. The molecule has 0 saturated heterocycles. The van der Waals surface area contributed by atoms with Crippen molar-refractivity contribution in [3.05, 3.63) is 24.3 Å². The molecule has 5 heteroatoms. The van der Waals surface area contributed by atoms with Crippen molar-refractivity contribution in [2.24, 2.45) is 0 Å². The van der Waals surface area contributed by atoms with Crippen molar-refractivity contribution in [3.63, 3.8) is 0 Å². The molecule has 0 aliphatic heterocycles. The van der Waals surface area contributed by atoms with Gasteiger partial charge in [0.25, 0.3) is 0 Å². The summed E-state index contributed by atoms with van der Waals surface area (Å²) in [4.78, 5) is 0. The zero-order valence-corrected chi connectivity index (χ0v) is 8.79. The number of anilines is 1. The molecule has 0 amide bonds. The van der Waals surface area contributed by atoms with Gasteiger partial charge in [0.1, 0.15) is 5.75 Å². The number of rotatable bonds is 5. The first-order valence-electron chi connectivity index (χ1n) is 4.36. The Morgan fingerprint density at radius 2 is 1.93 bits per heavy atom. The van der Waals surface area contributed by atoms with Crippen LogP contribution in [0, 0.1) is 0 Å². The van der Waals surface area contributed by atoms with E-state index in [1.807, 2.05) is 6.92 Å². The summed E-state index contributed by atoms with van der Waals surface area (Å²) < 4.78 is 28.3. The summed E-state index contributed by atoms with van der Waals surface area (Å²) in [5, 5.41) is 0. The lowest BCUT2D eigenvalue weighted by atomic mass is 10.3. The van der Waals surface area contributed by atoms with Gasteiger partial charge < -0.3 is 4.74 Å². The van der Waals surface area contributed by atoms with Gasteiger partial charge in [-0.05, 0) is 30.7 Å². The normalized spacial score (nSPS) is 10.1. The third-order valence-corrected chi connectivity index (χ3v) is 1.99. The van der Waals surface area contributed by atoms with Gasteiger partial charge in [-0.1, -0.05) is 6.92 Å². The second-order valence-corrected chi connectivity index (χ2v) is 3.48. The number of hydrogen-bond donors (Lipinski definition) is 2. The first-order chi connectivity index (χ1) is 6.72. The summed E-state index contributed by atoms with van der Waals surface area (Å²) in [7, 11) is -2.59. The maximum absolute atomic E-state index is 10.3. The van der Waals surface area contributed by atoms with Crippen LogP contribution in [0.1, 0.15) is 13.3 Å². The van der Waals surface area contributed by atoms with Crippen molar-refractivity contribution in [1.82, 2.24) is 0 Å². The van der Waals surface area contributed by atoms with Crippen LogP contribution in [-0.2, 0) is 10.9 Å². The standard InChI is InChI=1S/C9H13NO3S/c1-2-7-13-9-5-3-8(4-6-9)10-14(11)12/h3-6,14H,2,7H2,1H3,(H,10,11,12). The summed E-state index contributed by atoms with van der Waals surface area (Å²) in [6.07, 6.45) is 0.951. The average molecular weight is 215 g/mol. The van der Waals surface area contributed by atoms with Gasteiger partial charge in [-0.3, -0.25) is 4.72 Å².